The summed E-state index contributed by atoms with van der Waals surface area (Å²) < 4.78 is 27.4. The molecule has 1 aromatic rings. The Morgan fingerprint density at radius 2 is 1.76 bits per heavy atom. The second kappa shape index (κ2) is 9.24. The summed E-state index contributed by atoms with van der Waals surface area (Å²) in [5.41, 5.74) is 0.160. The Balaban J connectivity index is 1.62. The summed E-state index contributed by atoms with van der Waals surface area (Å²) in [4.78, 5) is 17.0. The van der Waals surface area contributed by atoms with Gasteiger partial charge in [-0.1, -0.05) is 31.4 Å². The van der Waals surface area contributed by atoms with Gasteiger partial charge in [0.25, 0.3) is 0 Å². The first-order valence-electron chi connectivity index (χ1n) is 10.4. The normalized spacial score (nSPS) is 20.7. The molecule has 0 unspecified atom stereocenters. The molecule has 8 heteroatoms. The Morgan fingerprint density at radius 1 is 1.14 bits per heavy atom. The van der Waals surface area contributed by atoms with Crippen LogP contribution in [0.5, 0.6) is 0 Å². The molecule has 2 fully saturated rings. The Morgan fingerprint density at radius 3 is 2.38 bits per heavy atom. The van der Waals surface area contributed by atoms with E-state index >= 15 is 0 Å². The summed E-state index contributed by atoms with van der Waals surface area (Å²) in [6.45, 7) is 3.54. The SMILES string of the molecule is C[C@@H](C(=O)N(C)C1CCCCC1)N1CCN(S(=O)(=O)c2ccccc2C#N)CC1. The maximum absolute atomic E-state index is 13.0. The van der Waals surface area contributed by atoms with Crippen LogP contribution in [0.2, 0.25) is 0 Å². The first kappa shape index (κ1) is 21.8. The molecule has 158 valence electrons. The Labute approximate surface area is 173 Å². The van der Waals surface area contributed by atoms with Gasteiger partial charge in [-0.2, -0.15) is 9.57 Å². The zero-order chi connectivity index (χ0) is 21.0. The van der Waals surface area contributed by atoms with E-state index in [1.165, 1.54) is 35.7 Å². The molecule has 0 N–H and O–H groups in total. The highest BCUT2D eigenvalue weighted by Crippen LogP contribution is 2.24. The molecule has 1 saturated carbocycles. The maximum atomic E-state index is 13.0. The van der Waals surface area contributed by atoms with Crippen molar-refractivity contribution in [3.05, 3.63) is 29.8 Å². The van der Waals surface area contributed by atoms with Crippen LogP contribution in [0.4, 0.5) is 0 Å². The number of nitrogens with zero attached hydrogens (tertiary/aromatic N) is 4. The van der Waals surface area contributed by atoms with Crippen molar-refractivity contribution in [2.24, 2.45) is 0 Å². The van der Waals surface area contributed by atoms with E-state index in [0.717, 1.165) is 12.8 Å². The molecule has 1 saturated heterocycles. The highest BCUT2D eigenvalue weighted by atomic mass is 32.2. The molecule has 7 nitrogen and oxygen atoms in total. The molecular formula is C21H30N4O3S. The van der Waals surface area contributed by atoms with Crippen LogP contribution in [0.15, 0.2) is 29.2 Å². The van der Waals surface area contributed by atoms with Gasteiger partial charge in [-0.15, -0.1) is 0 Å². The number of carbonyl (C=O) groups is 1. The molecule has 0 bridgehead atoms. The van der Waals surface area contributed by atoms with Gasteiger partial charge in [0.1, 0.15) is 6.07 Å². The number of piperazine rings is 1. The zero-order valence-electron chi connectivity index (χ0n) is 17.2. The predicted molar refractivity (Wildman–Crippen MR) is 111 cm³/mol. The summed E-state index contributed by atoms with van der Waals surface area (Å²) >= 11 is 0. The summed E-state index contributed by atoms with van der Waals surface area (Å²) in [6.07, 6.45) is 5.74. The van der Waals surface area contributed by atoms with E-state index in [2.05, 4.69) is 4.90 Å². The zero-order valence-corrected chi connectivity index (χ0v) is 18.1. The van der Waals surface area contributed by atoms with E-state index in [1.807, 2.05) is 24.9 Å². The van der Waals surface area contributed by atoms with Crippen molar-refractivity contribution >= 4 is 15.9 Å². The molecule has 1 atom stereocenters. The lowest BCUT2D eigenvalue weighted by Crippen LogP contribution is -2.56. The molecule has 2 aliphatic rings. The lowest BCUT2D eigenvalue weighted by Gasteiger charge is -2.40. The molecule has 1 aliphatic carbocycles. The maximum Gasteiger partial charge on any atom is 0.244 e. The Bertz CT molecular complexity index is 866. The number of rotatable bonds is 5. The van der Waals surface area contributed by atoms with Crippen molar-refractivity contribution in [2.45, 2.75) is 56.0 Å². The number of hydrogen-bond donors (Lipinski definition) is 0. The molecule has 1 heterocycles. The van der Waals surface area contributed by atoms with Crippen molar-refractivity contribution in [2.75, 3.05) is 33.2 Å². The van der Waals surface area contributed by atoms with Crippen molar-refractivity contribution in [1.29, 1.82) is 5.26 Å². The highest BCUT2D eigenvalue weighted by molar-refractivity contribution is 7.89. The van der Waals surface area contributed by atoms with Crippen molar-refractivity contribution in [1.82, 2.24) is 14.1 Å². The summed E-state index contributed by atoms with van der Waals surface area (Å²) in [5, 5.41) is 9.23. The first-order valence-corrected chi connectivity index (χ1v) is 11.8. The number of hydrogen-bond acceptors (Lipinski definition) is 5. The fourth-order valence-electron chi connectivity index (χ4n) is 4.35. The number of likely N-dealkylation sites (N-methyl/N-ethyl adjacent to an activating group) is 1. The Kier molecular flexibility index (Phi) is 6.93. The predicted octanol–water partition coefficient (Wildman–Crippen LogP) is 2.04. The molecule has 0 radical (unpaired) electrons. The van der Waals surface area contributed by atoms with E-state index in [9.17, 15) is 18.5 Å². The van der Waals surface area contributed by atoms with Gasteiger partial charge in [-0.05, 0) is 31.9 Å². The number of nitriles is 1. The average Bonchev–Trinajstić information content (AvgIpc) is 2.78. The largest absolute Gasteiger partial charge is 0.341 e. The van der Waals surface area contributed by atoms with Crippen LogP contribution in [-0.2, 0) is 14.8 Å². The van der Waals surface area contributed by atoms with Gasteiger partial charge in [0.15, 0.2) is 0 Å². The van der Waals surface area contributed by atoms with Crippen LogP contribution < -0.4 is 0 Å². The topological polar surface area (TPSA) is 84.7 Å². The molecular weight excluding hydrogens is 388 g/mol. The van der Waals surface area contributed by atoms with Gasteiger partial charge in [0.2, 0.25) is 15.9 Å². The van der Waals surface area contributed by atoms with Crippen molar-refractivity contribution in [3.8, 4) is 6.07 Å². The van der Waals surface area contributed by atoms with Gasteiger partial charge in [0, 0.05) is 39.3 Å². The third-order valence-electron chi connectivity index (χ3n) is 6.27. The van der Waals surface area contributed by atoms with Crippen LogP contribution in [0.25, 0.3) is 0 Å². The minimum absolute atomic E-state index is 0.0529. The third-order valence-corrected chi connectivity index (χ3v) is 8.23. The summed E-state index contributed by atoms with van der Waals surface area (Å²) in [6, 6.07) is 8.30. The molecule has 1 aliphatic heterocycles. The Hall–Kier alpha value is -1.95. The van der Waals surface area contributed by atoms with E-state index < -0.39 is 10.0 Å². The van der Waals surface area contributed by atoms with Crippen LogP contribution >= 0.6 is 0 Å². The molecule has 1 amide bonds. The number of sulfonamides is 1. The van der Waals surface area contributed by atoms with Gasteiger partial charge >= 0.3 is 0 Å². The van der Waals surface area contributed by atoms with Crippen LogP contribution in [-0.4, -0.2) is 73.7 Å². The fourth-order valence-corrected chi connectivity index (χ4v) is 5.92. The third kappa shape index (κ3) is 4.63. The van der Waals surface area contributed by atoms with E-state index in [4.69, 9.17) is 0 Å². The van der Waals surface area contributed by atoms with E-state index in [0.29, 0.717) is 32.2 Å². The summed E-state index contributed by atoms with van der Waals surface area (Å²) in [5.74, 6) is 0.114. The standard InChI is InChI=1S/C21H30N4O3S/c1-17(21(26)23(2)19-9-4-3-5-10-19)24-12-14-25(15-13-24)29(27,28)20-11-7-6-8-18(20)16-22/h6-8,11,17,19H,3-5,9-10,12-15H2,1-2H3/t17-/m0/s1. The second-order valence-corrected chi connectivity index (χ2v) is 9.87. The highest BCUT2D eigenvalue weighted by Gasteiger charge is 2.34. The van der Waals surface area contributed by atoms with Crippen LogP contribution in [0, 0.1) is 11.3 Å². The van der Waals surface area contributed by atoms with Gasteiger partial charge < -0.3 is 4.90 Å². The lowest BCUT2D eigenvalue weighted by molar-refractivity contribution is -0.138. The lowest BCUT2D eigenvalue weighted by atomic mass is 9.94. The second-order valence-electron chi connectivity index (χ2n) is 7.96. The smallest absolute Gasteiger partial charge is 0.244 e. The molecule has 3 rings (SSSR count). The summed E-state index contributed by atoms with van der Waals surface area (Å²) in [7, 11) is -1.82. The van der Waals surface area contributed by atoms with Gasteiger partial charge in [-0.3, -0.25) is 9.69 Å². The molecule has 1 aromatic carbocycles. The molecule has 0 spiro atoms. The number of benzene rings is 1. The minimum Gasteiger partial charge on any atom is -0.341 e. The first-order chi connectivity index (χ1) is 13.9. The van der Waals surface area contributed by atoms with Crippen LogP contribution in [0.3, 0.4) is 0 Å². The van der Waals surface area contributed by atoms with Crippen LogP contribution in [0.1, 0.15) is 44.6 Å². The average molecular weight is 419 g/mol. The monoisotopic (exact) mass is 418 g/mol. The number of carbonyl (C=O) groups excluding carboxylic acids is 1. The molecule has 0 aromatic heterocycles. The van der Waals surface area contributed by atoms with E-state index in [1.54, 1.807) is 12.1 Å². The molecule has 29 heavy (non-hydrogen) atoms. The quantitative estimate of drug-likeness (QED) is 0.731. The fraction of sp³-hybridized carbons (Fsp3) is 0.619. The minimum atomic E-state index is -3.72. The van der Waals surface area contributed by atoms with Gasteiger partial charge in [0.05, 0.1) is 16.5 Å². The van der Waals surface area contributed by atoms with Crippen molar-refractivity contribution < 1.29 is 13.2 Å². The van der Waals surface area contributed by atoms with E-state index in [-0.39, 0.29) is 22.4 Å². The number of amides is 1. The van der Waals surface area contributed by atoms with Gasteiger partial charge in [-0.25, -0.2) is 8.42 Å². The van der Waals surface area contributed by atoms with Crippen molar-refractivity contribution in [3.63, 3.8) is 0 Å².